The standard InChI is InChI=1S/C37H47ClN6O6/c1-23(2)18-30-35(47)50-31(24(3)10-11-25-12-14-26(15-13-25)21-41-44-39)8-7-9-33(45)42-29(20-27-16-17-32(49-6)28(38)19-27)34(46)40-22-37(4,5)36(48)43-30/h7,9-17,19,23-24,29-31H,8,18,20-22H2,1-6H3,(H,40,46)(H,42,45)(H,43,48)/b9-7-,11-10+/t24-,29-,30+,31+/m1/s1. The Balaban J connectivity index is 1.92. The van der Waals surface area contributed by atoms with E-state index in [0.29, 0.717) is 22.8 Å². The van der Waals surface area contributed by atoms with Crippen LogP contribution in [-0.2, 0) is 36.9 Å². The molecule has 3 amide bonds. The van der Waals surface area contributed by atoms with Crippen molar-refractivity contribution in [2.45, 2.75) is 78.6 Å². The molecule has 3 N–H and O–H groups in total. The van der Waals surface area contributed by atoms with Crippen molar-refractivity contribution >= 4 is 41.4 Å². The van der Waals surface area contributed by atoms with Crippen LogP contribution >= 0.6 is 11.6 Å². The summed E-state index contributed by atoms with van der Waals surface area (Å²) in [7, 11) is 1.50. The highest BCUT2D eigenvalue weighted by Crippen LogP contribution is 2.26. The van der Waals surface area contributed by atoms with Crippen molar-refractivity contribution in [3.63, 3.8) is 0 Å². The molecule has 1 aliphatic heterocycles. The van der Waals surface area contributed by atoms with E-state index in [0.717, 1.165) is 11.1 Å². The summed E-state index contributed by atoms with van der Waals surface area (Å²) in [6.07, 6.45) is 6.72. The highest BCUT2D eigenvalue weighted by Gasteiger charge is 2.35. The van der Waals surface area contributed by atoms with Crippen LogP contribution in [0.4, 0.5) is 0 Å². The van der Waals surface area contributed by atoms with Gasteiger partial charge in [0.15, 0.2) is 0 Å². The molecule has 0 aliphatic carbocycles. The Morgan fingerprint density at radius 2 is 1.76 bits per heavy atom. The number of azide groups is 1. The molecule has 0 spiro atoms. The van der Waals surface area contributed by atoms with Crippen molar-refractivity contribution in [2.24, 2.45) is 22.4 Å². The Kier molecular flexibility index (Phi) is 14.9. The topological polar surface area (TPSA) is 172 Å². The number of carbonyl (C=O) groups is 4. The van der Waals surface area contributed by atoms with Gasteiger partial charge < -0.3 is 25.4 Å². The van der Waals surface area contributed by atoms with E-state index >= 15 is 0 Å². The van der Waals surface area contributed by atoms with Crippen LogP contribution in [0.15, 0.2) is 65.8 Å². The molecule has 0 unspecified atom stereocenters. The number of amides is 3. The second kappa shape index (κ2) is 18.8. The molecule has 13 heteroatoms. The number of hydrogen-bond acceptors (Lipinski definition) is 7. The molecule has 50 heavy (non-hydrogen) atoms. The Bertz CT molecular complexity index is 1620. The molecule has 0 saturated carbocycles. The summed E-state index contributed by atoms with van der Waals surface area (Å²) in [6, 6.07) is 10.7. The number of hydrogen-bond donors (Lipinski definition) is 3. The molecule has 0 bridgehead atoms. The highest BCUT2D eigenvalue weighted by molar-refractivity contribution is 6.32. The maximum Gasteiger partial charge on any atom is 0.328 e. The highest BCUT2D eigenvalue weighted by atomic mass is 35.5. The molecule has 3 rings (SSSR count). The lowest BCUT2D eigenvalue weighted by Crippen LogP contribution is -2.54. The first-order valence-electron chi connectivity index (χ1n) is 16.6. The fraction of sp³-hybridized carbons (Fsp3) is 0.459. The molecule has 0 saturated heterocycles. The molecule has 12 nitrogen and oxygen atoms in total. The summed E-state index contributed by atoms with van der Waals surface area (Å²) in [5, 5.41) is 12.4. The van der Waals surface area contributed by atoms with Gasteiger partial charge in [-0.1, -0.05) is 86.0 Å². The van der Waals surface area contributed by atoms with Gasteiger partial charge in [0, 0.05) is 30.2 Å². The molecule has 268 valence electrons. The van der Waals surface area contributed by atoms with Crippen molar-refractivity contribution in [1.29, 1.82) is 0 Å². The molecule has 1 aliphatic rings. The van der Waals surface area contributed by atoms with Crippen LogP contribution in [0.2, 0.25) is 5.02 Å². The normalized spacial score (nSPS) is 21.7. The predicted octanol–water partition coefficient (Wildman–Crippen LogP) is 6.08. The molecular formula is C37H47ClN6O6. The maximum absolute atomic E-state index is 13.6. The van der Waals surface area contributed by atoms with Crippen LogP contribution in [0, 0.1) is 17.3 Å². The molecule has 0 radical (unpaired) electrons. The molecule has 0 fully saturated rings. The summed E-state index contributed by atoms with van der Waals surface area (Å²) in [5.74, 6) is -1.75. The minimum absolute atomic E-state index is 0.0519. The minimum Gasteiger partial charge on any atom is -0.495 e. The Morgan fingerprint density at radius 3 is 2.40 bits per heavy atom. The zero-order chi connectivity index (χ0) is 36.8. The zero-order valence-corrected chi connectivity index (χ0v) is 30.2. The van der Waals surface area contributed by atoms with Gasteiger partial charge in [-0.05, 0) is 66.6 Å². The van der Waals surface area contributed by atoms with E-state index in [4.69, 9.17) is 26.6 Å². The summed E-state index contributed by atoms with van der Waals surface area (Å²) in [5.41, 5.74) is 9.93. The number of ether oxygens (including phenoxy) is 2. The van der Waals surface area contributed by atoms with Gasteiger partial charge in [-0.25, -0.2) is 4.79 Å². The second-order valence-corrected chi connectivity index (χ2v) is 13.9. The van der Waals surface area contributed by atoms with Crippen molar-refractivity contribution < 1.29 is 28.7 Å². The molecule has 1 heterocycles. The average molecular weight is 707 g/mol. The Hall–Kier alpha value is -4.80. The second-order valence-electron chi connectivity index (χ2n) is 13.5. The molecule has 4 atom stereocenters. The van der Waals surface area contributed by atoms with Crippen LogP contribution < -0.4 is 20.7 Å². The first-order valence-corrected chi connectivity index (χ1v) is 17.0. The quantitative estimate of drug-likeness (QED) is 0.117. The van der Waals surface area contributed by atoms with Crippen LogP contribution in [0.5, 0.6) is 5.75 Å². The van der Waals surface area contributed by atoms with Crippen LogP contribution in [-0.4, -0.2) is 55.5 Å². The number of halogens is 1. The zero-order valence-electron chi connectivity index (χ0n) is 29.4. The third kappa shape index (κ3) is 12.3. The number of nitrogens with one attached hydrogen (secondary N) is 3. The molecule has 2 aromatic rings. The summed E-state index contributed by atoms with van der Waals surface area (Å²) in [4.78, 5) is 56.6. The Morgan fingerprint density at radius 1 is 1.06 bits per heavy atom. The number of esters is 1. The summed E-state index contributed by atoms with van der Waals surface area (Å²) in [6.45, 7) is 9.33. The van der Waals surface area contributed by atoms with Gasteiger partial charge in [0.25, 0.3) is 0 Å². The number of benzene rings is 2. The third-order valence-corrected chi connectivity index (χ3v) is 8.58. The van der Waals surface area contributed by atoms with Crippen molar-refractivity contribution in [3.8, 4) is 5.75 Å². The number of cyclic esters (lactones) is 1. The van der Waals surface area contributed by atoms with E-state index in [1.54, 1.807) is 38.1 Å². The lowest BCUT2D eigenvalue weighted by Gasteiger charge is -2.30. The van der Waals surface area contributed by atoms with Crippen molar-refractivity contribution in [3.05, 3.63) is 92.8 Å². The number of carbonyl (C=O) groups excluding carboxylic acids is 4. The lowest BCUT2D eigenvalue weighted by atomic mass is 9.90. The molecule has 0 aromatic heterocycles. The smallest absolute Gasteiger partial charge is 0.328 e. The summed E-state index contributed by atoms with van der Waals surface area (Å²) >= 11 is 6.32. The first kappa shape index (κ1) is 39.6. The largest absolute Gasteiger partial charge is 0.495 e. The molecule has 2 aromatic carbocycles. The van der Waals surface area contributed by atoms with E-state index in [1.165, 1.54) is 13.2 Å². The van der Waals surface area contributed by atoms with Crippen LogP contribution in [0.25, 0.3) is 16.5 Å². The van der Waals surface area contributed by atoms with E-state index in [2.05, 4.69) is 26.0 Å². The van der Waals surface area contributed by atoms with E-state index < -0.39 is 47.3 Å². The van der Waals surface area contributed by atoms with E-state index in [1.807, 2.05) is 57.2 Å². The van der Waals surface area contributed by atoms with E-state index in [-0.39, 0.29) is 37.8 Å². The Labute approximate surface area is 298 Å². The predicted molar refractivity (Wildman–Crippen MR) is 193 cm³/mol. The number of nitrogens with zero attached hydrogens (tertiary/aromatic N) is 3. The monoisotopic (exact) mass is 706 g/mol. The van der Waals surface area contributed by atoms with Crippen molar-refractivity contribution in [1.82, 2.24) is 16.0 Å². The van der Waals surface area contributed by atoms with Gasteiger partial charge in [-0.15, -0.1) is 0 Å². The summed E-state index contributed by atoms with van der Waals surface area (Å²) < 4.78 is 11.3. The SMILES string of the molecule is COc1ccc(C[C@H]2NC(=O)/C=C\C[C@@H]([C@H](C)/C=C/c3ccc(CN=[N+]=[N-])cc3)OC(=O)[C@H](CC(C)C)NC(=O)C(C)(C)CNC2=O)cc1Cl. The number of methoxy groups -OCH3 is 1. The average Bonchev–Trinajstić information content (AvgIpc) is 3.07. The van der Waals surface area contributed by atoms with Gasteiger partial charge >= 0.3 is 5.97 Å². The van der Waals surface area contributed by atoms with Gasteiger partial charge in [0.1, 0.15) is 23.9 Å². The fourth-order valence-corrected chi connectivity index (χ4v) is 5.48. The van der Waals surface area contributed by atoms with Gasteiger partial charge in [0.2, 0.25) is 17.7 Å². The minimum atomic E-state index is -1.11. The first-order chi connectivity index (χ1) is 23.7. The number of rotatable bonds is 10. The van der Waals surface area contributed by atoms with Crippen molar-refractivity contribution in [2.75, 3.05) is 13.7 Å². The third-order valence-electron chi connectivity index (χ3n) is 8.29. The maximum atomic E-state index is 13.6. The van der Waals surface area contributed by atoms with E-state index in [9.17, 15) is 19.2 Å². The van der Waals surface area contributed by atoms with Gasteiger partial charge in [0.05, 0.1) is 24.1 Å². The van der Waals surface area contributed by atoms with Gasteiger partial charge in [-0.3, -0.25) is 14.4 Å². The molecular weight excluding hydrogens is 660 g/mol. The van der Waals surface area contributed by atoms with Crippen LogP contribution in [0.3, 0.4) is 0 Å². The van der Waals surface area contributed by atoms with Gasteiger partial charge in [-0.2, -0.15) is 0 Å². The fourth-order valence-electron chi connectivity index (χ4n) is 5.20. The van der Waals surface area contributed by atoms with Crippen LogP contribution in [0.1, 0.15) is 64.2 Å². The lowest BCUT2D eigenvalue weighted by molar-refractivity contribution is -0.155.